The summed E-state index contributed by atoms with van der Waals surface area (Å²) in [6.07, 6.45) is -4.81. The number of alkyl halides is 3. The zero-order chi connectivity index (χ0) is 29.5. The summed E-state index contributed by atoms with van der Waals surface area (Å²) < 4.78 is 73.3. The predicted octanol–water partition coefficient (Wildman–Crippen LogP) is 5.10. The minimum atomic E-state index is -4.77. The van der Waals surface area contributed by atoms with Gasteiger partial charge in [-0.1, -0.05) is 37.3 Å². The van der Waals surface area contributed by atoms with Crippen LogP contribution in [0.5, 0.6) is 0 Å². The number of carboxylic acids is 1. The van der Waals surface area contributed by atoms with Crippen LogP contribution in [-0.2, 0) is 21.2 Å². The maximum absolute atomic E-state index is 13.3. The first-order valence-corrected chi connectivity index (χ1v) is 14.1. The molecule has 0 aliphatic heterocycles. The predicted molar refractivity (Wildman–Crippen MR) is 139 cm³/mol. The molecule has 2 heterocycles. The van der Waals surface area contributed by atoms with Crippen molar-refractivity contribution in [2.24, 2.45) is 5.41 Å². The van der Waals surface area contributed by atoms with Gasteiger partial charge in [0, 0.05) is 17.4 Å². The molecule has 0 aliphatic carbocycles. The van der Waals surface area contributed by atoms with E-state index < -0.39 is 40.0 Å². The van der Waals surface area contributed by atoms with Crippen LogP contribution in [0.25, 0.3) is 32.1 Å². The molecule has 0 aliphatic rings. The average molecular weight is 597 g/mol. The number of carbonyl (C=O) groups is 2. The number of nitrogens with zero attached hydrogens (tertiary/aromatic N) is 3. The lowest BCUT2D eigenvalue weighted by atomic mass is 9.90. The highest BCUT2D eigenvalue weighted by atomic mass is 32.2. The number of carboxylic acid groups (broad SMARTS) is 1. The molecule has 212 valence electrons. The zero-order valence-electron chi connectivity index (χ0n) is 21.3. The van der Waals surface area contributed by atoms with Gasteiger partial charge in [-0.2, -0.15) is 17.9 Å². The van der Waals surface area contributed by atoms with Crippen molar-refractivity contribution in [3.8, 4) is 21.3 Å². The van der Waals surface area contributed by atoms with Gasteiger partial charge in [-0.25, -0.2) is 13.4 Å². The number of nitrogens with one attached hydrogen (secondary N) is 1. The molecule has 0 fully saturated rings. The van der Waals surface area contributed by atoms with Crippen molar-refractivity contribution in [3.63, 3.8) is 0 Å². The standard InChI is InChI=1S/C25H23F3N4O6S2/c1-4-18(25(26,27)28)32-40(36,37)17-10-9-15(13-7-5-6-8-14(13)17)20-16(12-33)29-22(39-20)21-31-30-19(38-21)11-24(2,3)23(34)35/h5-10,12,18,32H,4,11H2,1-3H3,(H,34,35)/t18-/m0/s1. The number of thiazole rings is 1. The maximum Gasteiger partial charge on any atom is 0.404 e. The SMILES string of the molecule is CC[C@H](NS(=O)(=O)c1ccc(-c2sc(-c3nnc(CC(C)(C)C(=O)O)o3)nc2C=O)c2ccccc12)C(F)(F)F. The molecule has 0 amide bonds. The summed E-state index contributed by atoms with van der Waals surface area (Å²) >= 11 is 1.00. The molecular formula is C25H23F3N4O6S2. The number of carbonyl (C=O) groups excluding carboxylic acids is 1. The van der Waals surface area contributed by atoms with Gasteiger partial charge < -0.3 is 9.52 Å². The van der Waals surface area contributed by atoms with E-state index in [1.807, 2.05) is 0 Å². The van der Waals surface area contributed by atoms with Crippen LogP contribution in [0.15, 0.2) is 45.7 Å². The lowest BCUT2D eigenvalue weighted by Gasteiger charge is -2.21. The first-order chi connectivity index (χ1) is 18.7. The molecule has 1 atom stereocenters. The quantitative estimate of drug-likeness (QED) is 0.238. The second kappa shape index (κ2) is 10.7. The van der Waals surface area contributed by atoms with Crippen molar-refractivity contribution < 1.29 is 40.7 Å². The van der Waals surface area contributed by atoms with E-state index in [1.165, 1.54) is 39.0 Å². The first kappa shape index (κ1) is 29.3. The van der Waals surface area contributed by atoms with Crippen LogP contribution in [0.1, 0.15) is 43.6 Å². The van der Waals surface area contributed by atoms with E-state index >= 15 is 0 Å². The van der Waals surface area contributed by atoms with E-state index in [9.17, 15) is 36.3 Å². The lowest BCUT2D eigenvalue weighted by molar-refractivity contribution is -0.151. The van der Waals surface area contributed by atoms with E-state index in [0.717, 1.165) is 11.3 Å². The van der Waals surface area contributed by atoms with Crippen molar-refractivity contribution >= 4 is 44.4 Å². The van der Waals surface area contributed by atoms with Gasteiger partial charge in [-0.15, -0.1) is 21.5 Å². The van der Waals surface area contributed by atoms with Crippen molar-refractivity contribution in [2.75, 3.05) is 0 Å². The fraction of sp³-hybridized carbons (Fsp3) is 0.320. The highest BCUT2D eigenvalue weighted by Crippen LogP contribution is 2.40. The van der Waals surface area contributed by atoms with E-state index in [1.54, 1.807) is 22.9 Å². The van der Waals surface area contributed by atoms with Gasteiger partial charge in [-0.3, -0.25) is 9.59 Å². The van der Waals surface area contributed by atoms with Gasteiger partial charge in [0.2, 0.25) is 15.9 Å². The van der Waals surface area contributed by atoms with E-state index in [2.05, 4.69) is 15.2 Å². The Morgan fingerprint density at radius 3 is 2.42 bits per heavy atom. The number of hydrogen-bond donors (Lipinski definition) is 2. The van der Waals surface area contributed by atoms with E-state index in [0.29, 0.717) is 22.1 Å². The number of aldehydes is 1. The Labute approximate surface area is 230 Å². The summed E-state index contributed by atoms with van der Waals surface area (Å²) in [5.41, 5.74) is -0.763. The van der Waals surface area contributed by atoms with E-state index in [-0.39, 0.29) is 39.2 Å². The van der Waals surface area contributed by atoms with Crippen LogP contribution in [0.3, 0.4) is 0 Å². The summed E-state index contributed by atoms with van der Waals surface area (Å²) in [4.78, 5) is 27.6. The molecule has 0 radical (unpaired) electrons. The molecule has 2 aromatic heterocycles. The third-order valence-corrected chi connectivity index (χ3v) is 8.73. The number of rotatable bonds is 10. The fourth-order valence-corrected chi connectivity index (χ4v) is 6.41. The number of aromatic nitrogens is 3. The van der Waals surface area contributed by atoms with Crippen LogP contribution in [0, 0.1) is 5.41 Å². The molecule has 40 heavy (non-hydrogen) atoms. The fourth-order valence-electron chi connectivity index (χ4n) is 3.90. The van der Waals surface area contributed by atoms with Crippen LogP contribution >= 0.6 is 11.3 Å². The molecule has 2 aromatic carbocycles. The molecule has 0 spiro atoms. The monoisotopic (exact) mass is 596 g/mol. The highest BCUT2D eigenvalue weighted by Gasteiger charge is 2.41. The topological polar surface area (TPSA) is 152 Å². The summed E-state index contributed by atoms with van der Waals surface area (Å²) in [5.74, 6) is -1.03. The molecule has 4 aromatic rings. The Morgan fingerprint density at radius 1 is 1.15 bits per heavy atom. The first-order valence-electron chi connectivity index (χ1n) is 11.8. The Balaban J connectivity index is 1.77. The minimum absolute atomic E-state index is 0.00683. The Bertz CT molecular complexity index is 1700. The van der Waals surface area contributed by atoms with Crippen molar-refractivity contribution in [1.29, 1.82) is 0 Å². The average Bonchev–Trinajstić information content (AvgIpc) is 3.52. The van der Waals surface area contributed by atoms with Crippen molar-refractivity contribution in [1.82, 2.24) is 19.9 Å². The third kappa shape index (κ3) is 5.76. The second-order valence-electron chi connectivity index (χ2n) is 9.50. The maximum atomic E-state index is 13.3. The van der Waals surface area contributed by atoms with Gasteiger partial charge in [0.05, 0.1) is 15.2 Å². The lowest BCUT2D eigenvalue weighted by Crippen LogP contribution is -2.44. The van der Waals surface area contributed by atoms with Crippen molar-refractivity contribution in [3.05, 3.63) is 48.0 Å². The number of hydrogen-bond acceptors (Lipinski definition) is 9. The Morgan fingerprint density at radius 2 is 1.82 bits per heavy atom. The van der Waals surface area contributed by atoms with Gasteiger partial charge in [0.1, 0.15) is 11.7 Å². The molecule has 0 unspecified atom stereocenters. The summed E-state index contributed by atoms with van der Waals surface area (Å²) in [6.45, 7) is 4.23. The van der Waals surface area contributed by atoms with Gasteiger partial charge in [-0.05, 0) is 31.7 Å². The van der Waals surface area contributed by atoms with Crippen molar-refractivity contribution in [2.45, 2.75) is 50.7 Å². The van der Waals surface area contributed by atoms with Crippen LogP contribution in [0.4, 0.5) is 13.2 Å². The van der Waals surface area contributed by atoms with Crippen LogP contribution in [-0.4, -0.2) is 53.2 Å². The van der Waals surface area contributed by atoms with Gasteiger partial charge >= 0.3 is 12.1 Å². The molecular weight excluding hydrogens is 573 g/mol. The van der Waals surface area contributed by atoms with Crippen LogP contribution in [0.2, 0.25) is 0 Å². The Hall–Kier alpha value is -3.69. The molecule has 0 bridgehead atoms. The molecule has 10 nitrogen and oxygen atoms in total. The second-order valence-corrected chi connectivity index (χ2v) is 12.2. The summed E-state index contributed by atoms with van der Waals surface area (Å²) in [5, 5.41) is 17.8. The highest BCUT2D eigenvalue weighted by molar-refractivity contribution is 7.89. The molecule has 0 saturated carbocycles. The van der Waals surface area contributed by atoms with E-state index in [4.69, 9.17) is 4.42 Å². The smallest absolute Gasteiger partial charge is 0.404 e. The molecule has 0 saturated heterocycles. The number of benzene rings is 2. The molecule has 4 rings (SSSR count). The number of halogens is 3. The number of sulfonamides is 1. The van der Waals surface area contributed by atoms with Gasteiger partial charge in [0.15, 0.2) is 11.3 Å². The molecule has 2 N–H and O–H groups in total. The Kier molecular flexibility index (Phi) is 7.84. The summed E-state index contributed by atoms with van der Waals surface area (Å²) in [6, 6.07) is 6.51. The van der Waals surface area contributed by atoms with Crippen LogP contribution < -0.4 is 4.72 Å². The third-order valence-electron chi connectivity index (χ3n) is 6.11. The van der Waals surface area contributed by atoms with Gasteiger partial charge in [0.25, 0.3) is 5.89 Å². The zero-order valence-corrected chi connectivity index (χ0v) is 22.9. The number of fused-ring (bicyclic) bond motifs is 1. The largest absolute Gasteiger partial charge is 0.481 e. The minimum Gasteiger partial charge on any atom is -0.481 e. The normalized spacial score (nSPS) is 13.4. The summed E-state index contributed by atoms with van der Waals surface area (Å²) in [7, 11) is -4.58. The number of aliphatic carboxylic acids is 1. The molecule has 15 heteroatoms.